The van der Waals surface area contributed by atoms with Crippen LogP contribution < -0.4 is 4.74 Å². The lowest BCUT2D eigenvalue weighted by Gasteiger charge is -2.47. The minimum atomic E-state index is -0.753. The molecule has 1 saturated heterocycles. The van der Waals surface area contributed by atoms with E-state index in [0.717, 1.165) is 17.7 Å². The maximum Gasteiger partial charge on any atom is 0.312 e. The highest BCUT2D eigenvalue weighted by Crippen LogP contribution is 2.37. The lowest BCUT2D eigenvalue weighted by Crippen LogP contribution is -2.60. The quantitative estimate of drug-likeness (QED) is 0.432. The summed E-state index contributed by atoms with van der Waals surface area (Å²) in [6, 6.07) is 9.55. The van der Waals surface area contributed by atoms with Crippen molar-refractivity contribution in [2.45, 2.75) is 23.5 Å². The van der Waals surface area contributed by atoms with Gasteiger partial charge in [0.15, 0.2) is 0 Å². The van der Waals surface area contributed by atoms with E-state index < -0.39 is 11.4 Å². The van der Waals surface area contributed by atoms with Crippen LogP contribution in [0.5, 0.6) is 5.75 Å². The molecule has 1 aliphatic heterocycles. The summed E-state index contributed by atoms with van der Waals surface area (Å²) in [5, 5.41) is 12.6. The largest absolute Gasteiger partial charge is 0.497 e. The van der Waals surface area contributed by atoms with Crippen LogP contribution in [-0.4, -0.2) is 53.5 Å². The SMILES string of the molecule is COc1ccc2ncc(F)c(CCCC3(C(=O)O)CN(CCSc4cccs4)C3)c2c1. The van der Waals surface area contributed by atoms with Gasteiger partial charge in [0, 0.05) is 30.8 Å². The van der Waals surface area contributed by atoms with Gasteiger partial charge in [0.2, 0.25) is 0 Å². The zero-order valence-electron chi connectivity index (χ0n) is 17.3. The molecule has 0 saturated carbocycles. The maximum atomic E-state index is 14.5. The van der Waals surface area contributed by atoms with E-state index in [1.165, 1.54) is 10.4 Å². The molecule has 1 fully saturated rings. The van der Waals surface area contributed by atoms with Gasteiger partial charge >= 0.3 is 5.97 Å². The third kappa shape index (κ3) is 4.86. The van der Waals surface area contributed by atoms with Crippen molar-refractivity contribution in [1.82, 2.24) is 9.88 Å². The van der Waals surface area contributed by atoms with E-state index in [9.17, 15) is 14.3 Å². The molecule has 0 aliphatic carbocycles. The van der Waals surface area contributed by atoms with Crippen molar-refractivity contribution in [3.63, 3.8) is 0 Å². The Morgan fingerprint density at radius 1 is 1.39 bits per heavy atom. The lowest BCUT2D eigenvalue weighted by molar-refractivity contribution is -0.161. The number of nitrogens with zero attached hydrogens (tertiary/aromatic N) is 2. The Balaban J connectivity index is 1.35. The molecule has 3 aromatic rings. The molecule has 5 nitrogen and oxygen atoms in total. The van der Waals surface area contributed by atoms with Gasteiger partial charge < -0.3 is 14.7 Å². The molecule has 164 valence electrons. The number of hydrogen-bond donors (Lipinski definition) is 1. The van der Waals surface area contributed by atoms with Crippen LogP contribution in [0.4, 0.5) is 4.39 Å². The number of aromatic nitrogens is 1. The second-order valence-electron chi connectivity index (χ2n) is 7.90. The summed E-state index contributed by atoms with van der Waals surface area (Å²) >= 11 is 3.53. The number of thioether (sulfide) groups is 1. The number of fused-ring (bicyclic) bond motifs is 1. The van der Waals surface area contributed by atoms with Crippen molar-refractivity contribution in [2.75, 3.05) is 32.5 Å². The van der Waals surface area contributed by atoms with Gasteiger partial charge in [0.25, 0.3) is 0 Å². The van der Waals surface area contributed by atoms with Crippen LogP contribution in [-0.2, 0) is 11.2 Å². The molecule has 0 amide bonds. The van der Waals surface area contributed by atoms with E-state index in [-0.39, 0.29) is 5.82 Å². The molecular weight excluding hydrogens is 435 g/mol. The second-order valence-corrected chi connectivity index (χ2v) is 10.2. The van der Waals surface area contributed by atoms with Crippen LogP contribution in [0.1, 0.15) is 18.4 Å². The summed E-state index contributed by atoms with van der Waals surface area (Å²) in [5.41, 5.74) is 0.557. The van der Waals surface area contributed by atoms with Gasteiger partial charge in [-0.2, -0.15) is 0 Å². The molecule has 0 radical (unpaired) electrons. The summed E-state index contributed by atoms with van der Waals surface area (Å²) in [6.45, 7) is 1.99. The van der Waals surface area contributed by atoms with E-state index in [1.54, 1.807) is 42.3 Å². The second kappa shape index (κ2) is 9.54. The molecule has 0 atom stereocenters. The number of aryl methyl sites for hydroxylation is 1. The van der Waals surface area contributed by atoms with E-state index in [4.69, 9.17) is 4.74 Å². The van der Waals surface area contributed by atoms with Crippen molar-refractivity contribution >= 4 is 40.0 Å². The Morgan fingerprint density at radius 3 is 2.94 bits per heavy atom. The summed E-state index contributed by atoms with van der Waals surface area (Å²) in [7, 11) is 1.57. The Kier molecular flexibility index (Phi) is 6.79. The summed E-state index contributed by atoms with van der Waals surface area (Å²) in [5.74, 6) is 0.493. The molecule has 0 spiro atoms. The topological polar surface area (TPSA) is 62.7 Å². The Labute approximate surface area is 189 Å². The highest BCUT2D eigenvalue weighted by Gasteiger charge is 2.48. The van der Waals surface area contributed by atoms with Crippen LogP contribution in [0.2, 0.25) is 0 Å². The molecule has 0 unspecified atom stereocenters. The fraction of sp³-hybridized carbons (Fsp3) is 0.391. The smallest absolute Gasteiger partial charge is 0.312 e. The number of likely N-dealkylation sites (tertiary alicyclic amines) is 1. The first-order valence-corrected chi connectivity index (χ1v) is 12.1. The van der Waals surface area contributed by atoms with Gasteiger partial charge in [-0.05, 0) is 54.5 Å². The van der Waals surface area contributed by atoms with E-state index in [0.29, 0.717) is 49.2 Å². The predicted molar refractivity (Wildman–Crippen MR) is 123 cm³/mol. The van der Waals surface area contributed by atoms with Crippen molar-refractivity contribution in [3.8, 4) is 5.75 Å². The van der Waals surface area contributed by atoms with E-state index in [1.807, 2.05) is 12.1 Å². The van der Waals surface area contributed by atoms with Crippen molar-refractivity contribution in [3.05, 3.63) is 53.3 Å². The minimum absolute atomic E-state index is 0.356. The highest BCUT2D eigenvalue weighted by molar-refractivity contribution is 8.01. The Morgan fingerprint density at radius 2 is 2.23 bits per heavy atom. The van der Waals surface area contributed by atoms with Crippen LogP contribution in [0.15, 0.2) is 46.1 Å². The van der Waals surface area contributed by atoms with Crippen LogP contribution in [0.25, 0.3) is 10.9 Å². The third-order valence-corrected chi connectivity index (χ3v) is 7.98. The summed E-state index contributed by atoms with van der Waals surface area (Å²) in [4.78, 5) is 18.3. The molecule has 2 aromatic heterocycles. The number of ether oxygens (including phenoxy) is 1. The van der Waals surface area contributed by atoms with Gasteiger partial charge in [0.05, 0.1) is 28.4 Å². The zero-order chi connectivity index (χ0) is 21.8. The molecule has 0 bridgehead atoms. The van der Waals surface area contributed by atoms with Gasteiger partial charge in [-0.15, -0.1) is 23.1 Å². The number of rotatable bonds is 10. The fourth-order valence-corrected chi connectivity index (χ4v) is 6.04. The number of pyridine rings is 1. The van der Waals surface area contributed by atoms with Gasteiger partial charge in [-0.1, -0.05) is 6.07 Å². The van der Waals surface area contributed by atoms with E-state index >= 15 is 0 Å². The number of carboxylic acids is 1. The molecule has 1 N–H and O–H groups in total. The number of benzene rings is 1. The molecule has 8 heteroatoms. The number of carbonyl (C=O) groups is 1. The number of carboxylic acid groups (broad SMARTS) is 1. The van der Waals surface area contributed by atoms with Crippen LogP contribution in [0, 0.1) is 11.2 Å². The number of hydrogen-bond acceptors (Lipinski definition) is 6. The van der Waals surface area contributed by atoms with Gasteiger partial charge in [-0.3, -0.25) is 9.78 Å². The molecule has 1 aromatic carbocycles. The number of halogens is 1. The fourth-order valence-electron chi connectivity index (χ4n) is 4.18. The molecule has 3 heterocycles. The van der Waals surface area contributed by atoms with Crippen LogP contribution in [0.3, 0.4) is 0 Å². The van der Waals surface area contributed by atoms with Crippen molar-refractivity contribution in [2.24, 2.45) is 5.41 Å². The maximum absolute atomic E-state index is 14.5. The van der Waals surface area contributed by atoms with Gasteiger partial charge in [0.1, 0.15) is 11.6 Å². The standard InChI is InChI=1S/C23H25FN2O3S2/c1-29-16-6-7-20-18(12-16)17(19(24)13-25-20)4-2-8-23(22(27)28)14-26(15-23)9-11-31-21-5-3-10-30-21/h3,5-7,10,12-13H,2,4,8-9,11,14-15H2,1H3,(H,27,28). The molecular formula is C23H25FN2O3S2. The van der Waals surface area contributed by atoms with Crippen LogP contribution >= 0.6 is 23.1 Å². The Bertz CT molecular complexity index is 1050. The van der Waals surface area contributed by atoms with Gasteiger partial charge in [-0.25, -0.2) is 4.39 Å². The number of thiophene rings is 1. The average Bonchev–Trinajstić information content (AvgIpc) is 3.25. The summed E-state index contributed by atoms with van der Waals surface area (Å²) < 4.78 is 21.1. The predicted octanol–water partition coefficient (Wildman–Crippen LogP) is 4.95. The van der Waals surface area contributed by atoms with E-state index in [2.05, 4.69) is 21.3 Å². The van der Waals surface area contributed by atoms with Crippen molar-refractivity contribution in [1.29, 1.82) is 0 Å². The van der Waals surface area contributed by atoms with Crippen molar-refractivity contribution < 1.29 is 19.0 Å². The first-order valence-electron chi connectivity index (χ1n) is 10.2. The zero-order valence-corrected chi connectivity index (χ0v) is 19.0. The highest BCUT2D eigenvalue weighted by atomic mass is 32.2. The molecule has 31 heavy (non-hydrogen) atoms. The lowest BCUT2D eigenvalue weighted by atomic mass is 9.75. The molecule has 1 aliphatic rings. The Hall–Kier alpha value is -2.16. The first-order chi connectivity index (χ1) is 15.0. The number of methoxy groups -OCH3 is 1. The minimum Gasteiger partial charge on any atom is -0.497 e. The monoisotopic (exact) mass is 460 g/mol. The third-order valence-electron chi connectivity index (χ3n) is 5.87. The number of aliphatic carboxylic acids is 1. The average molecular weight is 461 g/mol. The normalized spacial score (nSPS) is 15.7. The first kappa shape index (κ1) is 22.0. The summed E-state index contributed by atoms with van der Waals surface area (Å²) in [6.07, 6.45) is 2.86. The molecule has 4 rings (SSSR count).